The molecule has 2 aromatic rings. The number of nitrogens with one attached hydrogen (secondary N) is 1. The molecule has 4 fully saturated rings. The SMILES string of the molecule is C[C@@H](Sc1nnc(-c2ccncc2)n1C)C(=O)NC12CC3CC(CC(C3)C1)C2. The molecule has 28 heavy (non-hydrogen) atoms. The lowest BCUT2D eigenvalue weighted by molar-refractivity contribution is -0.126. The Bertz CT molecular complexity index is 845. The molecule has 0 spiro atoms. The van der Waals surface area contributed by atoms with Gasteiger partial charge in [-0.3, -0.25) is 9.78 Å². The fourth-order valence-corrected chi connectivity index (χ4v) is 6.82. The predicted octanol–water partition coefficient (Wildman–Crippen LogP) is 3.44. The number of pyridine rings is 1. The largest absolute Gasteiger partial charge is 0.350 e. The average Bonchev–Trinajstić information content (AvgIpc) is 3.01. The fraction of sp³-hybridized carbons (Fsp3) is 0.619. The van der Waals surface area contributed by atoms with Gasteiger partial charge in [0.05, 0.1) is 5.25 Å². The molecule has 1 N–H and O–H groups in total. The first-order chi connectivity index (χ1) is 13.5. The van der Waals surface area contributed by atoms with Crippen LogP contribution in [0.5, 0.6) is 0 Å². The quantitative estimate of drug-likeness (QED) is 0.783. The Labute approximate surface area is 169 Å². The van der Waals surface area contributed by atoms with Crippen molar-refractivity contribution in [2.45, 2.75) is 61.4 Å². The van der Waals surface area contributed by atoms with Gasteiger partial charge in [0.15, 0.2) is 11.0 Å². The van der Waals surface area contributed by atoms with E-state index >= 15 is 0 Å². The summed E-state index contributed by atoms with van der Waals surface area (Å²) in [5.41, 5.74) is 1.03. The molecule has 0 unspecified atom stereocenters. The van der Waals surface area contributed by atoms with Gasteiger partial charge in [0.25, 0.3) is 0 Å². The Morgan fingerprint density at radius 1 is 1.14 bits per heavy atom. The first-order valence-electron chi connectivity index (χ1n) is 10.3. The topological polar surface area (TPSA) is 72.7 Å². The lowest BCUT2D eigenvalue weighted by Crippen LogP contribution is -2.60. The fourth-order valence-electron chi connectivity index (χ4n) is 6.01. The molecule has 0 radical (unpaired) electrons. The number of rotatable bonds is 5. The van der Waals surface area contributed by atoms with Crippen molar-refractivity contribution in [3.8, 4) is 11.4 Å². The summed E-state index contributed by atoms with van der Waals surface area (Å²) in [6, 6.07) is 3.84. The van der Waals surface area contributed by atoms with Crippen LogP contribution in [-0.2, 0) is 11.8 Å². The Morgan fingerprint density at radius 3 is 2.36 bits per heavy atom. The van der Waals surface area contributed by atoms with Crippen molar-refractivity contribution in [3.63, 3.8) is 0 Å². The van der Waals surface area contributed by atoms with E-state index in [1.807, 2.05) is 30.7 Å². The van der Waals surface area contributed by atoms with E-state index in [9.17, 15) is 4.79 Å². The van der Waals surface area contributed by atoms with Crippen LogP contribution in [0, 0.1) is 17.8 Å². The van der Waals surface area contributed by atoms with Gasteiger partial charge in [-0.25, -0.2) is 0 Å². The number of nitrogens with zero attached hydrogens (tertiary/aromatic N) is 4. The summed E-state index contributed by atoms with van der Waals surface area (Å²) >= 11 is 1.48. The standard InChI is InChI=1S/C21H27N5OS/c1-13(28-20-25-24-18(26(20)2)17-3-5-22-6-4-17)19(27)23-21-10-14-7-15(11-21)9-16(8-14)12-21/h3-6,13-16H,7-12H2,1-2H3,(H,23,27)/t13-,14?,15?,16?,21?/m1/s1. The highest BCUT2D eigenvalue weighted by Crippen LogP contribution is 2.55. The second kappa shape index (κ2) is 6.87. The molecule has 0 saturated heterocycles. The molecule has 0 aliphatic heterocycles. The number of carbonyl (C=O) groups excluding carboxylic acids is 1. The van der Waals surface area contributed by atoms with Crippen molar-refractivity contribution >= 4 is 17.7 Å². The maximum atomic E-state index is 13.0. The van der Waals surface area contributed by atoms with Gasteiger partial charge in [0, 0.05) is 30.5 Å². The monoisotopic (exact) mass is 397 g/mol. The molecule has 2 aromatic heterocycles. The minimum absolute atomic E-state index is 0.0583. The Balaban J connectivity index is 1.27. The normalized spacial score (nSPS) is 31.7. The number of amides is 1. The molecule has 6 rings (SSSR count). The molecule has 4 aliphatic rings. The van der Waals surface area contributed by atoms with Gasteiger partial charge in [0.1, 0.15) is 0 Å². The summed E-state index contributed by atoms with van der Waals surface area (Å²) in [5, 5.41) is 12.7. The Morgan fingerprint density at radius 2 is 1.75 bits per heavy atom. The lowest BCUT2D eigenvalue weighted by Gasteiger charge is -2.57. The molecular formula is C21H27N5OS. The molecule has 7 heteroatoms. The number of hydrogen-bond donors (Lipinski definition) is 1. The molecule has 6 nitrogen and oxygen atoms in total. The molecule has 4 aliphatic carbocycles. The number of hydrogen-bond acceptors (Lipinski definition) is 5. The third-order valence-electron chi connectivity index (χ3n) is 6.85. The van der Waals surface area contributed by atoms with Gasteiger partial charge in [-0.1, -0.05) is 11.8 Å². The van der Waals surface area contributed by atoms with E-state index in [0.29, 0.717) is 0 Å². The molecule has 0 aromatic carbocycles. The van der Waals surface area contributed by atoms with E-state index < -0.39 is 0 Å². The molecule has 1 amide bonds. The third-order valence-corrected chi connectivity index (χ3v) is 7.99. The van der Waals surface area contributed by atoms with Gasteiger partial charge in [-0.05, 0) is 75.3 Å². The van der Waals surface area contributed by atoms with Crippen LogP contribution in [0.3, 0.4) is 0 Å². The van der Waals surface area contributed by atoms with Crippen LogP contribution in [0.25, 0.3) is 11.4 Å². The highest BCUT2D eigenvalue weighted by atomic mass is 32.2. The zero-order valence-corrected chi connectivity index (χ0v) is 17.3. The number of aromatic nitrogens is 4. The minimum Gasteiger partial charge on any atom is -0.350 e. The van der Waals surface area contributed by atoms with Crippen molar-refractivity contribution in [2.24, 2.45) is 24.8 Å². The van der Waals surface area contributed by atoms with Crippen LogP contribution in [0.1, 0.15) is 45.4 Å². The van der Waals surface area contributed by atoms with E-state index in [4.69, 9.17) is 0 Å². The van der Waals surface area contributed by atoms with Crippen molar-refractivity contribution in [1.82, 2.24) is 25.1 Å². The van der Waals surface area contributed by atoms with Crippen molar-refractivity contribution in [3.05, 3.63) is 24.5 Å². The minimum atomic E-state index is -0.193. The van der Waals surface area contributed by atoms with Crippen LogP contribution in [0.15, 0.2) is 29.7 Å². The van der Waals surface area contributed by atoms with Gasteiger partial charge in [-0.15, -0.1) is 10.2 Å². The zero-order valence-electron chi connectivity index (χ0n) is 16.5. The molecule has 4 saturated carbocycles. The van der Waals surface area contributed by atoms with Crippen molar-refractivity contribution in [2.75, 3.05) is 0 Å². The van der Waals surface area contributed by atoms with Gasteiger partial charge in [0.2, 0.25) is 5.91 Å². The van der Waals surface area contributed by atoms with Gasteiger partial charge in [-0.2, -0.15) is 0 Å². The second-order valence-corrected chi connectivity index (χ2v) is 10.4. The predicted molar refractivity (Wildman–Crippen MR) is 109 cm³/mol. The van der Waals surface area contributed by atoms with Crippen LogP contribution in [0.2, 0.25) is 0 Å². The Hall–Kier alpha value is -1.89. The first-order valence-corrected chi connectivity index (χ1v) is 11.2. The second-order valence-electron chi connectivity index (χ2n) is 9.05. The van der Waals surface area contributed by atoms with E-state index in [0.717, 1.165) is 34.3 Å². The molecular weight excluding hydrogens is 370 g/mol. The van der Waals surface area contributed by atoms with Crippen LogP contribution in [-0.4, -0.2) is 36.4 Å². The van der Waals surface area contributed by atoms with E-state index in [2.05, 4.69) is 20.5 Å². The summed E-state index contributed by atoms with van der Waals surface area (Å²) in [6.45, 7) is 1.97. The summed E-state index contributed by atoms with van der Waals surface area (Å²) < 4.78 is 1.95. The lowest BCUT2D eigenvalue weighted by atomic mass is 9.53. The molecule has 4 bridgehead atoms. The van der Waals surface area contributed by atoms with E-state index in [1.165, 1.54) is 50.3 Å². The average molecular weight is 398 g/mol. The van der Waals surface area contributed by atoms with Crippen LogP contribution < -0.4 is 5.32 Å². The molecule has 2 heterocycles. The highest BCUT2D eigenvalue weighted by molar-refractivity contribution is 8.00. The maximum absolute atomic E-state index is 13.0. The third kappa shape index (κ3) is 3.23. The number of thioether (sulfide) groups is 1. The summed E-state index contributed by atoms with van der Waals surface area (Å²) in [6.07, 6.45) is 11.2. The summed E-state index contributed by atoms with van der Waals surface area (Å²) in [5.74, 6) is 3.42. The molecule has 148 valence electrons. The smallest absolute Gasteiger partial charge is 0.233 e. The van der Waals surface area contributed by atoms with Crippen LogP contribution in [0.4, 0.5) is 0 Å². The highest BCUT2D eigenvalue weighted by Gasteiger charge is 2.51. The van der Waals surface area contributed by atoms with E-state index in [-0.39, 0.29) is 16.7 Å². The van der Waals surface area contributed by atoms with E-state index in [1.54, 1.807) is 12.4 Å². The van der Waals surface area contributed by atoms with Gasteiger partial charge >= 0.3 is 0 Å². The van der Waals surface area contributed by atoms with Crippen LogP contribution >= 0.6 is 11.8 Å². The maximum Gasteiger partial charge on any atom is 0.233 e. The van der Waals surface area contributed by atoms with Crippen molar-refractivity contribution in [1.29, 1.82) is 0 Å². The Kier molecular flexibility index (Phi) is 4.45. The van der Waals surface area contributed by atoms with Gasteiger partial charge < -0.3 is 9.88 Å². The molecule has 1 atom stereocenters. The summed E-state index contributed by atoms with van der Waals surface area (Å²) in [4.78, 5) is 17.1. The first kappa shape index (κ1) is 18.2. The van der Waals surface area contributed by atoms with Crippen molar-refractivity contribution < 1.29 is 4.79 Å². The zero-order chi connectivity index (χ0) is 19.3. The number of carbonyl (C=O) groups is 1. The summed E-state index contributed by atoms with van der Waals surface area (Å²) in [7, 11) is 1.95.